The van der Waals surface area contributed by atoms with Crippen LogP contribution in [0.25, 0.3) is 11.4 Å². The van der Waals surface area contributed by atoms with E-state index in [1.807, 2.05) is 19.1 Å². The van der Waals surface area contributed by atoms with Gasteiger partial charge in [-0.25, -0.2) is 0 Å². The molecule has 1 unspecified atom stereocenters. The van der Waals surface area contributed by atoms with Gasteiger partial charge in [-0.3, -0.25) is 29.0 Å². The summed E-state index contributed by atoms with van der Waals surface area (Å²) in [6, 6.07) is 13.9. The Bertz CT molecular complexity index is 1170. The Balaban J connectivity index is 1.30. The number of amides is 4. The molecular formula is C27H28N4O4. The van der Waals surface area contributed by atoms with Crippen LogP contribution in [0.5, 0.6) is 0 Å². The fourth-order valence-corrected chi connectivity index (χ4v) is 4.43. The number of hydrogen-bond donors (Lipinski definition) is 2. The minimum absolute atomic E-state index is 0.152. The number of benzene rings is 2. The molecule has 180 valence electrons. The zero-order valence-corrected chi connectivity index (χ0v) is 19.7. The molecule has 2 N–H and O–H groups in total. The number of nitrogens with one attached hydrogen (secondary N) is 2. The summed E-state index contributed by atoms with van der Waals surface area (Å²) in [6.45, 7) is 9.79. The first-order chi connectivity index (χ1) is 16.8. The van der Waals surface area contributed by atoms with Crippen molar-refractivity contribution in [3.05, 3.63) is 83.9 Å². The predicted molar refractivity (Wildman–Crippen MR) is 133 cm³/mol. The Morgan fingerprint density at radius 1 is 0.800 bits per heavy atom. The zero-order valence-electron chi connectivity index (χ0n) is 19.7. The summed E-state index contributed by atoms with van der Waals surface area (Å²) < 4.78 is 0. The molecule has 35 heavy (non-hydrogen) atoms. The molecule has 0 radical (unpaired) electrons. The van der Waals surface area contributed by atoms with Gasteiger partial charge in [-0.2, -0.15) is 0 Å². The van der Waals surface area contributed by atoms with Crippen molar-refractivity contribution in [3.8, 4) is 0 Å². The highest BCUT2D eigenvalue weighted by molar-refractivity contribution is 6.11. The second-order valence-electron chi connectivity index (χ2n) is 8.62. The SMILES string of the molecule is C=C1c2ccccc2C(=O)N1CC(=O)NCC(CCC)NC(=O)CN1C(=C)c2ccccc2C1=O. The number of fused-ring (bicyclic) bond motifs is 2. The van der Waals surface area contributed by atoms with Crippen molar-refractivity contribution in [2.24, 2.45) is 0 Å². The van der Waals surface area contributed by atoms with Crippen LogP contribution in [-0.2, 0) is 9.59 Å². The van der Waals surface area contributed by atoms with E-state index in [1.165, 1.54) is 9.80 Å². The summed E-state index contributed by atoms with van der Waals surface area (Å²) in [4.78, 5) is 53.3. The zero-order chi connectivity index (χ0) is 25.1. The summed E-state index contributed by atoms with van der Waals surface area (Å²) in [5, 5.41) is 5.71. The van der Waals surface area contributed by atoms with Gasteiger partial charge in [0.1, 0.15) is 13.1 Å². The molecule has 0 spiro atoms. The summed E-state index contributed by atoms with van der Waals surface area (Å²) in [5.41, 5.74) is 3.50. The van der Waals surface area contributed by atoms with Gasteiger partial charge in [0.05, 0.1) is 0 Å². The highest BCUT2D eigenvalue weighted by atomic mass is 16.2. The summed E-state index contributed by atoms with van der Waals surface area (Å²) in [5.74, 6) is -1.19. The first kappa shape index (κ1) is 23.9. The molecule has 8 nitrogen and oxygen atoms in total. The van der Waals surface area contributed by atoms with Crippen LogP contribution in [0, 0.1) is 0 Å². The fraction of sp³-hybridized carbons (Fsp3) is 0.259. The van der Waals surface area contributed by atoms with Crippen LogP contribution in [0.15, 0.2) is 61.7 Å². The molecule has 4 rings (SSSR count). The molecule has 8 heteroatoms. The molecule has 0 bridgehead atoms. The van der Waals surface area contributed by atoms with Crippen molar-refractivity contribution in [2.45, 2.75) is 25.8 Å². The molecule has 0 aliphatic carbocycles. The minimum atomic E-state index is -0.346. The Morgan fingerprint density at radius 3 is 1.71 bits per heavy atom. The molecule has 0 fully saturated rings. The van der Waals surface area contributed by atoms with E-state index in [-0.39, 0.29) is 49.3 Å². The molecule has 2 aromatic carbocycles. The van der Waals surface area contributed by atoms with Crippen LogP contribution < -0.4 is 10.6 Å². The van der Waals surface area contributed by atoms with Crippen LogP contribution in [-0.4, -0.2) is 59.1 Å². The van der Waals surface area contributed by atoms with Crippen molar-refractivity contribution in [1.29, 1.82) is 0 Å². The second kappa shape index (κ2) is 9.97. The van der Waals surface area contributed by atoms with Gasteiger partial charge in [0.2, 0.25) is 11.8 Å². The van der Waals surface area contributed by atoms with E-state index in [0.29, 0.717) is 28.9 Å². The first-order valence-electron chi connectivity index (χ1n) is 11.6. The Morgan fingerprint density at radius 2 is 1.26 bits per heavy atom. The lowest BCUT2D eigenvalue weighted by Gasteiger charge is -2.23. The third-order valence-electron chi connectivity index (χ3n) is 6.23. The quantitative estimate of drug-likeness (QED) is 0.586. The highest BCUT2D eigenvalue weighted by Gasteiger charge is 2.33. The third kappa shape index (κ3) is 4.73. The van der Waals surface area contributed by atoms with E-state index in [1.54, 1.807) is 36.4 Å². The lowest BCUT2D eigenvalue weighted by atomic mass is 10.1. The summed E-state index contributed by atoms with van der Waals surface area (Å²) in [6.07, 6.45) is 1.43. The van der Waals surface area contributed by atoms with Crippen LogP contribution in [0.1, 0.15) is 51.6 Å². The van der Waals surface area contributed by atoms with Crippen molar-refractivity contribution in [2.75, 3.05) is 19.6 Å². The molecular weight excluding hydrogens is 444 g/mol. The van der Waals surface area contributed by atoms with E-state index in [0.717, 1.165) is 17.5 Å². The Kier molecular flexibility index (Phi) is 6.82. The van der Waals surface area contributed by atoms with Gasteiger partial charge in [0.15, 0.2) is 0 Å². The van der Waals surface area contributed by atoms with Gasteiger partial charge in [0.25, 0.3) is 11.8 Å². The fourth-order valence-electron chi connectivity index (χ4n) is 4.43. The Labute approximate surface area is 204 Å². The van der Waals surface area contributed by atoms with Crippen molar-refractivity contribution in [1.82, 2.24) is 20.4 Å². The number of hydrogen-bond acceptors (Lipinski definition) is 4. The lowest BCUT2D eigenvalue weighted by molar-refractivity contribution is -0.123. The number of nitrogens with zero attached hydrogens (tertiary/aromatic N) is 2. The second-order valence-corrected chi connectivity index (χ2v) is 8.62. The smallest absolute Gasteiger partial charge is 0.259 e. The first-order valence-corrected chi connectivity index (χ1v) is 11.6. The molecule has 1 atom stereocenters. The van der Waals surface area contributed by atoms with E-state index in [9.17, 15) is 19.2 Å². The maximum atomic E-state index is 12.7. The van der Waals surface area contributed by atoms with Crippen molar-refractivity contribution < 1.29 is 19.2 Å². The molecule has 2 aliphatic heterocycles. The van der Waals surface area contributed by atoms with Gasteiger partial charge in [-0.1, -0.05) is 62.9 Å². The summed E-state index contributed by atoms with van der Waals surface area (Å²) in [7, 11) is 0. The average Bonchev–Trinajstić information content (AvgIpc) is 3.23. The van der Waals surface area contributed by atoms with Gasteiger partial charge < -0.3 is 10.6 Å². The summed E-state index contributed by atoms with van der Waals surface area (Å²) >= 11 is 0. The number of carbonyl (C=O) groups is 4. The molecule has 2 aliphatic rings. The van der Waals surface area contributed by atoms with Crippen molar-refractivity contribution >= 4 is 35.0 Å². The monoisotopic (exact) mass is 472 g/mol. The Hall–Kier alpha value is -4.20. The topological polar surface area (TPSA) is 98.8 Å². The maximum absolute atomic E-state index is 12.7. The van der Waals surface area contributed by atoms with E-state index < -0.39 is 0 Å². The number of carbonyl (C=O) groups excluding carboxylic acids is 4. The van der Waals surface area contributed by atoms with Crippen LogP contribution in [0.2, 0.25) is 0 Å². The largest absolute Gasteiger partial charge is 0.352 e. The van der Waals surface area contributed by atoms with Crippen LogP contribution >= 0.6 is 0 Å². The highest BCUT2D eigenvalue weighted by Crippen LogP contribution is 2.31. The van der Waals surface area contributed by atoms with Gasteiger partial charge >= 0.3 is 0 Å². The van der Waals surface area contributed by atoms with Gasteiger partial charge in [-0.15, -0.1) is 0 Å². The minimum Gasteiger partial charge on any atom is -0.352 e. The van der Waals surface area contributed by atoms with Gasteiger partial charge in [-0.05, 0) is 18.6 Å². The van der Waals surface area contributed by atoms with E-state index >= 15 is 0 Å². The van der Waals surface area contributed by atoms with Crippen LogP contribution in [0.3, 0.4) is 0 Å². The van der Waals surface area contributed by atoms with Crippen LogP contribution in [0.4, 0.5) is 0 Å². The number of rotatable bonds is 9. The molecule has 0 saturated carbocycles. The standard InChI is InChI=1S/C27H28N4O4/c1-4-9-19(29-25(33)16-31-18(3)21-11-6-8-13-23(21)27(31)35)14-28-24(32)15-30-17(2)20-10-5-7-12-22(20)26(30)34/h5-8,10-13,19H,2-4,9,14-16H2,1H3,(H,28,32)(H,29,33). The van der Waals surface area contributed by atoms with Gasteiger partial charge in [0, 0.05) is 46.2 Å². The van der Waals surface area contributed by atoms with E-state index in [2.05, 4.69) is 23.8 Å². The average molecular weight is 473 g/mol. The molecule has 2 aromatic rings. The normalized spacial score (nSPS) is 15.2. The predicted octanol–water partition coefficient (Wildman–Crippen LogP) is 2.64. The molecule has 0 saturated heterocycles. The molecule has 4 amide bonds. The molecule has 2 heterocycles. The maximum Gasteiger partial charge on any atom is 0.259 e. The molecule has 0 aromatic heterocycles. The lowest BCUT2D eigenvalue weighted by Crippen LogP contribution is -2.48. The third-order valence-corrected chi connectivity index (χ3v) is 6.23. The van der Waals surface area contributed by atoms with E-state index in [4.69, 9.17) is 0 Å². The van der Waals surface area contributed by atoms with Crippen molar-refractivity contribution in [3.63, 3.8) is 0 Å².